The molecule has 1 aromatic rings. The summed E-state index contributed by atoms with van der Waals surface area (Å²) in [5.41, 5.74) is 0.648. The molecule has 0 radical (unpaired) electrons. The van der Waals surface area contributed by atoms with Crippen LogP contribution in [0.1, 0.15) is 12.0 Å². The van der Waals surface area contributed by atoms with Gasteiger partial charge in [-0.2, -0.15) is 0 Å². The molecule has 0 spiro atoms. The summed E-state index contributed by atoms with van der Waals surface area (Å²) in [5, 5.41) is 8.64. The minimum Gasteiger partial charge on any atom is -0.488 e. The van der Waals surface area contributed by atoms with Crippen molar-refractivity contribution < 1.29 is 23.7 Å². The lowest BCUT2D eigenvalue weighted by molar-refractivity contribution is 0.0538. The molecule has 1 rings (SSSR count). The lowest BCUT2D eigenvalue weighted by atomic mass is 10.2. The molecule has 0 aliphatic carbocycles. The van der Waals surface area contributed by atoms with Crippen LogP contribution in [0.3, 0.4) is 0 Å². The molecule has 0 saturated carbocycles. The van der Waals surface area contributed by atoms with Gasteiger partial charge in [-0.05, 0) is 18.2 Å². The number of aliphatic hydroxyl groups is 1. The Bertz CT molecular complexity index is 451. The molecular formula is C15H19FO4. The molecular weight excluding hydrogens is 263 g/mol. The number of aliphatic hydroxyl groups excluding tert-OH is 1. The maximum Gasteiger partial charge on any atom is 0.165 e. The fourth-order valence-electron chi connectivity index (χ4n) is 1.37. The zero-order valence-electron chi connectivity index (χ0n) is 11.5. The van der Waals surface area contributed by atoms with Crippen molar-refractivity contribution in [1.29, 1.82) is 0 Å². The Hall–Kier alpha value is -1.61. The van der Waals surface area contributed by atoms with Crippen LogP contribution in [0.2, 0.25) is 0 Å². The van der Waals surface area contributed by atoms with Crippen molar-refractivity contribution in [2.24, 2.45) is 0 Å². The molecule has 0 bridgehead atoms. The SMILES string of the molecule is COCCOCCOc1cc(C#CCCO)ccc1F. The van der Waals surface area contributed by atoms with Crippen molar-refractivity contribution in [3.05, 3.63) is 29.6 Å². The van der Waals surface area contributed by atoms with Gasteiger partial charge in [0.1, 0.15) is 6.61 Å². The summed E-state index contributed by atoms with van der Waals surface area (Å²) in [6.07, 6.45) is 0.390. The molecule has 0 amide bonds. The van der Waals surface area contributed by atoms with Crippen LogP contribution in [0.25, 0.3) is 0 Å². The van der Waals surface area contributed by atoms with Crippen molar-refractivity contribution in [1.82, 2.24) is 0 Å². The lowest BCUT2D eigenvalue weighted by Crippen LogP contribution is -2.10. The van der Waals surface area contributed by atoms with Gasteiger partial charge in [0.15, 0.2) is 11.6 Å². The van der Waals surface area contributed by atoms with E-state index in [2.05, 4.69) is 11.8 Å². The van der Waals surface area contributed by atoms with Crippen LogP contribution in [0.15, 0.2) is 18.2 Å². The van der Waals surface area contributed by atoms with Crippen molar-refractivity contribution in [3.8, 4) is 17.6 Å². The predicted octanol–water partition coefficient (Wildman–Crippen LogP) is 1.60. The summed E-state index contributed by atoms with van der Waals surface area (Å²) < 4.78 is 28.9. The van der Waals surface area contributed by atoms with Gasteiger partial charge in [0.05, 0.1) is 26.4 Å². The first-order valence-electron chi connectivity index (χ1n) is 6.36. The van der Waals surface area contributed by atoms with Crippen molar-refractivity contribution in [2.45, 2.75) is 6.42 Å². The maximum absolute atomic E-state index is 13.5. The third-order valence-electron chi connectivity index (χ3n) is 2.32. The number of hydrogen-bond acceptors (Lipinski definition) is 4. The first-order valence-corrected chi connectivity index (χ1v) is 6.36. The van der Waals surface area contributed by atoms with Crippen LogP contribution in [0.4, 0.5) is 4.39 Å². The Morgan fingerprint density at radius 3 is 2.75 bits per heavy atom. The topological polar surface area (TPSA) is 47.9 Å². The zero-order valence-corrected chi connectivity index (χ0v) is 11.5. The molecule has 20 heavy (non-hydrogen) atoms. The average Bonchev–Trinajstić information content (AvgIpc) is 2.46. The van der Waals surface area contributed by atoms with Gasteiger partial charge in [0, 0.05) is 19.1 Å². The molecule has 0 saturated heterocycles. The first-order chi connectivity index (χ1) is 9.77. The summed E-state index contributed by atoms with van der Waals surface area (Å²) >= 11 is 0. The highest BCUT2D eigenvalue weighted by Crippen LogP contribution is 2.18. The van der Waals surface area contributed by atoms with Gasteiger partial charge in [-0.25, -0.2) is 4.39 Å². The number of rotatable bonds is 8. The summed E-state index contributed by atoms with van der Waals surface area (Å²) in [7, 11) is 1.60. The Morgan fingerprint density at radius 2 is 2.00 bits per heavy atom. The smallest absolute Gasteiger partial charge is 0.165 e. The standard InChI is InChI=1S/C15H19FO4/c1-18-8-9-19-10-11-20-15-12-13(4-2-3-7-17)5-6-14(15)16/h5-6,12,17H,3,7-11H2,1H3. The molecule has 0 unspecified atom stereocenters. The van der Waals surface area contributed by atoms with Gasteiger partial charge < -0.3 is 19.3 Å². The van der Waals surface area contributed by atoms with Gasteiger partial charge in [-0.1, -0.05) is 11.8 Å². The molecule has 110 valence electrons. The second kappa shape index (κ2) is 10.2. The van der Waals surface area contributed by atoms with Crippen LogP contribution in [-0.4, -0.2) is 45.3 Å². The number of benzene rings is 1. The summed E-state index contributed by atoms with van der Waals surface area (Å²) in [5.74, 6) is 5.31. The lowest BCUT2D eigenvalue weighted by Gasteiger charge is -2.08. The molecule has 0 aromatic heterocycles. The minimum atomic E-state index is -0.436. The Kier molecular flexibility index (Phi) is 8.40. The monoisotopic (exact) mass is 282 g/mol. The van der Waals surface area contributed by atoms with E-state index in [0.29, 0.717) is 31.8 Å². The summed E-state index contributed by atoms with van der Waals surface area (Å²) in [6, 6.07) is 4.42. The van der Waals surface area contributed by atoms with Gasteiger partial charge in [0.25, 0.3) is 0 Å². The van der Waals surface area contributed by atoms with E-state index in [0.717, 1.165) is 0 Å². The largest absolute Gasteiger partial charge is 0.488 e. The number of hydrogen-bond donors (Lipinski definition) is 1. The molecule has 4 nitrogen and oxygen atoms in total. The van der Waals surface area contributed by atoms with E-state index in [4.69, 9.17) is 19.3 Å². The normalized spacial score (nSPS) is 9.95. The summed E-state index contributed by atoms with van der Waals surface area (Å²) in [6.45, 7) is 1.63. The van der Waals surface area contributed by atoms with E-state index in [9.17, 15) is 4.39 Å². The molecule has 0 heterocycles. The van der Waals surface area contributed by atoms with E-state index < -0.39 is 5.82 Å². The van der Waals surface area contributed by atoms with Gasteiger partial charge in [0.2, 0.25) is 0 Å². The van der Waals surface area contributed by atoms with Crippen LogP contribution < -0.4 is 4.74 Å². The Morgan fingerprint density at radius 1 is 1.20 bits per heavy atom. The highest BCUT2D eigenvalue weighted by atomic mass is 19.1. The van der Waals surface area contributed by atoms with Gasteiger partial charge in [-0.15, -0.1) is 0 Å². The van der Waals surface area contributed by atoms with Crippen LogP contribution in [-0.2, 0) is 9.47 Å². The molecule has 1 aromatic carbocycles. The quantitative estimate of drug-likeness (QED) is 0.581. The number of methoxy groups -OCH3 is 1. The zero-order chi connectivity index (χ0) is 14.6. The number of halogens is 1. The third kappa shape index (κ3) is 6.53. The van der Waals surface area contributed by atoms with Crippen LogP contribution >= 0.6 is 0 Å². The molecule has 0 atom stereocenters. The van der Waals surface area contributed by atoms with Crippen molar-refractivity contribution >= 4 is 0 Å². The predicted molar refractivity (Wildman–Crippen MR) is 73.2 cm³/mol. The van der Waals surface area contributed by atoms with E-state index in [1.165, 1.54) is 12.1 Å². The molecule has 0 aliphatic heterocycles. The van der Waals surface area contributed by atoms with Crippen LogP contribution in [0, 0.1) is 17.7 Å². The van der Waals surface area contributed by atoms with E-state index in [1.54, 1.807) is 13.2 Å². The highest BCUT2D eigenvalue weighted by Gasteiger charge is 2.03. The maximum atomic E-state index is 13.5. The molecule has 0 aliphatic rings. The fraction of sp³-hybridized carbons (Fsp3) is 0.467. The van der Waals surface area contributed by atoms with Gasteiger partial charge in [-0.3, -0.25) is 0 Å². The van der Waals surface area contributed by atoms with Gasteiger partial charge >= 0.3 is 0 Å². The van der Waals surface area contributed by atoms with Crippen LogP contribution in [0.5, 0.6) is 5.75 Å². The summed E-state index contributed by atoms with van der Waals surface area (Å²) in [4.78, 5) is 0. The van der Waals surface area contributed by atoms with Crippen molar-refractivity contribution in [2.75, 3.05) is 40.1 Å². The van der Waals surface area contributed by atoms with E-state index in [1.807, 2.05) is 0 Å². The molecule has 5 heteroatoms. The second-order valence-electron chi connectivity index (χ2n) is 3.87. The first kappa shape index (κ1) is 16.4. The second-order valence-corrected chi connectivity index (χ2v) is 3.87. The van der Waals surface area contributed by atoms with E-state index >= 15 is 0 Å². The fourth-order valence-corrected chi connectivity index (χ4v) is 1.37. The average molecular weight is 282 g/mol. The molecule has 1 N–H and O–H groups in total. The minimum absolute atomic E-state index is 0.0103. The Balaban J connectivity index is 2.44. The molecule has 0 fully saturated rings. The van der Waals surface area contributed by atoms with Crippen molar-refractivity contribution in [3.63, 3.8) is 0 Å². The van der Waals surface area contributed by atoms with E-state index in [-0.39, 0.29) is 19.0 Å². The number of ether oxygens (including phenoxy) is 3. The Labute approximate surface area is 118 Å². The highest BCUT2D eigenvalue weighted by molar-refractivity contribution is 5.40. The third-order valence-corrected chi connectivity index (χ3v) is 2.32.